The minimum Gasteiger partial charge on any atom is -0.383 e. The highest BCUT2D eigenvalue weighted by Crippen LogP contribution is 2.10. The van der Waals surface area contributed by atoms with Crippen LogP contribution in [0.2, 0.25) is 0 Å². The number of carbonyl (C=O) groups excluding carboxylic acids is 1. The molecular weight excluding hydrogens is 260 g/mol. The van der Waals surface area contributed by atoms with E-state index in [4.69, 9.17) is 4.74 Å². The summed E-state index contributed by atoms with van der Waals surface area (Å²) in [5.41, 5.74) is -0.184. The molecule has 1 aromatic rings. The van der Waals surface area contributed by atoms with Gasteiger partial charge in [-0.2, -0.15) is 5.10 Å². The summed E-state index contributed by atoms with van der Waals surface area (Å²) >= 11 is 0. The van der Waals surface area contributed by atoms with Crippen LogP contribution in [-0.4, -0.2) is 40.0 Å². The molecule has 1 aliphatic heterocycles. The van der Waals surface area contributed by atoms with E-state index in [0.29, 0.717) is 13.2 Å². The van der Waals surface area contributed by atoms with Gasteiger partial charge in [0.05, 0.1) is 6.61 Å². The Labute approximate surface area is 117 Å². The summed E-state index contributed by atoms with van der Waals surface area (Å²) in [5, 5.41) is 7.05. The van der Waals surface area contributed by atoms with Crippen LogP contribution < -0.4 is 11.0 Å². The molecule has 2 rings (SSSR count). The Hall–Kier alpha value is -1.63. The molecule has 1 aliphatic rings. The fourth-order valence-electron chi connectivity index (χ4n) is 2.48. The van der Waals surface area contributed by atoms with E-state index >= 15 is 0 Å². The molecule has 0 aromatic carbocycles. The molecule has 0 spiro atoms. The number of nitrogens with zero attached hydrogens (tertiary/aromatic N) is 3. The van der Waals surface area contributed by atoms with Crippen molar-refractivity contribution >= 4 is 5.91 Å². The number of methoxy groups -OCH3 is 1. The van der Waals surface area contributed by atoms with E-state index in [1.54, 1.807) is 11.7 Å². The van der Waals surface area contributed by atoms with Crippen molar-refractivity contribution in [2.75, 3.05) is 13.7 Å². The molecule has 0 bridgehead atoms. The lowest BCUT2D eigenvalue weighted by Crippen LogP contribution is -2.40. The molecule has 0 saturated carbocycles. The number of amides is 1. The maximum absolute atomic E-state index is 12.2. The second-order valence-corrected chi connectivity index (χ2v) is 5.24. The number of nitrogens with one attached hydrogen (secondary N) is 1. The van der Waals surface area contributed by atoms with Crippen molar-refractivity contribution in [3.05, 3.63) is 16.3 Å². The van der Waals surface area contributed by atoms with Crippen LogP contribution in [0.4, 0.5) is 0 Å². The summed E-state index contributed by atoms with van der Waals surface area (Å²) in [5.74, 6) is 0.579. The minimum atomic E-state index is -0.218. The van der Waals surface area contributed by atoms with E-state index < -0.39 is 0 Å². The van der Waals surface area contributed by atoms with Crippen molar-refractivity contribution in [1.82, 2.24) is 19.7 Å². The Morgan fingerprint density at radius 2 is 2.25 bits per heavy atom. The lowest BCUT2D eigenvalue weighted by Gasteiger charge is -2.12. The molecule has 0 radical (unpaired) electrons. The first-order valence-electron chi connectivity index (χ1n) is 7.06. The summed E-state index contributed by atoms with van der Waals surface area (Å²) in [6.07, 6.45) is 3.98. The third-order valence-corrected chi connectivity index (χ3v) is 3.40. The molecule has 112 valence electrons. The van der Waals surface area contributed by atoms with Gasteiger partial charge >= 0.3 is 5.69 Å². The van der Waals surface area contributed by atoms with Gasteiger partial charge in [0.2, 0.25) is 5.91 Å². The monoisotopic (exact) mass is 282 g/mol. The Balaban J connectivity index is 2.03. The molecule has 7 nitrogen and oxygen atoms in total. The zero-order chi connectivity index (χ0) is 14.5. The summed E-state index contributed by atoms with van der Waals surface area (Å²) in [6, 6.07) is -0.0800. The lowest BCUT2D eigenvalue weighted by atomic mass is 10.2. The van der Waals surface area contributed by atoms with Gasteiger partial charge < -0.3 is 10.1 Å². The topological polar surface area (TPSA) is 78.2 Å². The van der Waals surface area contributed by atoms with Crippen LogP contribution in [0.3, 0.4) is 0 Å². The zero-order valence-corrected chi connectivity index (χ0v) is 12.1. The zero-order valence-electron chi connectivity index (χ0n) is 12.1. The van der Waals surface area contributed by atoms with E-state index in [0.717, 1.165) is 31.5 Å². The van der Waals surface area contributed by atoms with Gasteiger partial charge in [0.15, 0.2) is 0 Å². The fourth-order valence-corrected chi connectivity index (χ4v) is 2.48. The normalized spacial score (nSPS) is 16.3. The van der Waals surface area contributed by atoms with Crippen LogP contribution in [0.15, 0.2) is 4.79 Å². The maximum Gasteiger partial charge on any atom is 0.346 e. The molecule has 20 heavy (non-hydrogen) atoms. The molecule has 1 aromatic heterocycles. The highest BCUT2D eigenvalue weighted by atomic mass is 16.5. The highest BCUT2D eigenvalue weighted by molar-refractivity contribution is 5.75. The van der Waals surface area contributed by atoms with Crippen LogP contribution in [0.1, 0.15) is 32.0 Å². The summed E-state index contributed by atoms with van der Waals surface area (Å²) in [4.78, 5) is 24.0. The number of aryl methyl sites for hydroxylation is 1. The van der Waals surface area contributed by atoms with Crippen LogP contribution in [0.25, 0.3) is 0 Å². The Bertz CT molecular complexity index is 520. The van der Waals surface area contributed by atoms with Crippen molar-refractivity contribution < 1.29 is 9.53 Å². The summed E-state index contributed by atoms with van der Waals surface area (Å²) < 4.78 is 7.91. The SMILES string of the molecule is COCC(C)NC(=O)Cn1nc2n(c1=O)CCCCC2. The van der Waals surface area contributed by atoms with Crippen molar-refractivity contribution in [3.63, 3.8) is 0 Å². The number of fused-ring (bicyclic) bond motifs is 1. The van der Waals surface area contributed by atoms with Gasteiger partial charge in [0, 0.05) is 26.1 Å². The third kappa shape index (κ3) is 3.47. The Kier molecular flexibility index (Phi) is 4.94. The minimum absolute atomic E-state index is 0.0348. The largest absolute Gasteiger partial charge is 0.383 e. The number of rotatable bonds is 5. The van der Waals surface area contributed by atoms with E-state index in [9.17, 15) is 9.59 Å². The molecule has 0 aliphatic carbocycles. The van der Waals surface area contributed by atoms with E-state index in [2.05, 4.69) is 10.4 Å². The van der Waals surface area contributed by atoms with E-state index in [-0.39, 0.29) is 24.2 Å². The quantitative estimate of drug-likeness (QED) is 0.819. The standard InChI is InChI=1S/C13H22N4O3/c1-10(9-20-2)14-12(18)8-17-13(19)16-7-5-3-4-6-11(16)15-17/h10H,3-9H2,1-2H3,(H,14,18). The molecule has 0 saturated heterocycles. The van der Waals surface area contributed by atoms with Crippen LogP contribution in [0, 0.1) is 0 Å². The molecule has 1 atom stereocenters. The lowest BCUT2D eigenvalue weighted by molar-refractivity contribution is -0.122. The molecule has 7 heteroatoms. The molecule has 1 amide bonds. The first-order chi connectivity index (χ1) is 9.61. The van der Waals surface area contributed by atoms with E-state index in [1.165, 1.54) is 4.68 Å². The Morgan fingerprint density at radius 3 is 3.00 bits per heavy atom. The van der Waals surface area contributed by atoms with Crippen LogP contribution >= 0.6 is 0 Å². The highest BCUT2D eigenvalue weighted by Gasteiger charge is 2.17. The smallest absolute Gasteiger partial charge is 0.346 e. The van der Waals surface area contributed by atoms with Crippen molar-refractivity contribution in [3.8, 4) is 0 Å². The summed E-state index contributed by atoms with van der Waals surface area (Å²) in [7, 11) is 1.58. The predicted octanol–water partition coefficient (Wildman–Crippen LogP) is -0.0777. The second-order valence-electron chi connectivity index (χ2n) is 5.24. The van der Waals surface area contributed by atoms with Gasteiger partial charge in [-0.15, -0.1) is 0 Å². The Morgan fingerprint density at radius 1 is 1.45 bits per heavy atom. The van der Waals surface area contributed by atoms with Crippen molar-refractivity contribution in [2.45, 2.75) is 51.7 Å². The predicted molar refractivity (Wildman–Crippen MR) is 73.5 cm³/mol. The number of hydrogen-bond acceptors (Lipinski definition) is 4. The fraction of sp³-hybridized carbons (Fsp3) is 0.769. The number of carbonyl (C=O) groups is 1. The van der Waals surface area contributed by atoms with Crippen molar-refractivity contribution in [2.24, 2.45) is 0 Å². The third-order valence-electron chi connectivity index (χ3n) is 3.40. The first kappa shape index (κ1) is 14.8. The van der Waals surface area contributed by atoms with Crippen molar-refractivity contribution in [1.29, 1.82) is 0 Å². The first-order valence-corrected chi connectivity index (χ1v) is 7.06. The van der Waals surface area contributed by atoms with Crippen LogP contribution in [-0.2, 0) is 29.0 Å². The second kappa shape index (κ2) is 6.69. The van der Waals surface area contributed by atoms with Gasteiger partial charge in [0.25, 0.3) is 0 Å². The van der Waals surface area contributed by atoms with Gasteiger partial charge in [-0.1, -0.05) is 6.42 Å². The average Bonchev–Trinajstić information content (AvgIpc) is 2.58. The van der Waals surface area contributed by atoms with Gasteiger partial charge in [-0.3, -0.25) is 9.36 Å². The summed E-state index contributed by atoms with van der Waals surface area (Å²) in [6.45, 7) is 2.97. The molecular formula is C13H22N4O3. The average molecular weight is 282 g/mol. The van der Waals surface area contributed by atoms with Crippen LogP contribution in [0.5, 0.6) is 0 Å². The molecule has 2 heterocycles. The maximum atomic E-state index is 12.2. The van der Waals surface area contributed by atoms with Gasteiger partial charge in [-0.05, 0) is 19.8 Å². The number of aromatic nitrogens is 3. The number of hydrogen-bond donors (Lipinski definition) is 1. The molecule has 1 N–H and O–H groups in total. The molecule has 1 unspecified atom stereocenters. The van der Waals surface area contributed by atoms with E-state index in [1.807, 2.05) is 6.92 Å². The van der Waals surface area contributed by atoms with Gasteiger partial charge in [0.1, 0.15) is 12.4 Å². The van der Waals surface area contributed by atoms with Gasteiger partial charge in [-0.25, -0.2) is 9.48 Å². The molecule has 0 fully saturated rings. The number of ether oxygens (including phenoxy) is 1.